The van der Waals surface area contributed by atoms with Crippen LogP contribution < -0.4 is 4.74 Å². The fraction of sp³-hybridized carbons (Fsp3) is 0.235. The maximum absolute atomic E-state index is 9.66. The van der Waals surface area contributed by atoms with Crippen molar-refractivity contribution in [3.63, 3.8) is 0 Å². The molecular formula is C17H14BrNO. The zero-order valence-electron chi connectivity index (χ0n) is 11.0. The Labute approximate surface area is 127 Å². The highest BCUT2D eigenvalue weighted by Gasteiger charge is 2.36. The lowest BCUT2D eigenvalue weighted by Gasteiger charge is -2.32. The van der Waals surface area contributed by atoms with Crippen LogP contribution in [-0.4, -0.2) is 6.61 Å². The van der Waals surface area contributed by atoms with Gasteiger partial charge in [-0.05, 0) is 42.2 Å². The van der Waals surface area contributed by atoms with E-state index in [9.17, 15) is 5.26 Å². The normalized spacial score (nSPS) is 20.6. The molecule has 1 unspecified atom stereocenters. The van der Waals surface area contributed by atoms with E-state index in [1.807, 2.05) is 36.4 Å². The van der Waals surface area contributed by atoms with E-state index in [-0.39, 0.29) is 0 Å². The fourth-order valence-corrected chi connectivity index (χ4v) is 3.13. The van der Waals surface area contributed by atoms with E-state index in [0.29, 0.717) is 13.0 Å². The standard InChI is InChI=1S/C17H14BrNO/c18-15-6-3-4-13(8-15)9-17(11-19)10-14-5-1-2-7-16(14)20-12-17/h1-8H,9-10,12H2. The number of nitriles is 1. The van der Waals surface area contributed by atoms with E-state index in [4.69, 9.17) is 4.74 Å². The van der Waals surface area contributed by atoms with Crippen LogP contribution in [0, 0.1) is 16.7 Å². The summed E-state index contributed by atoms with van der Waals surface area (Å²) in [4.78, 5) is 0. The van der Waals surface area contributed by atoms with Crippen molar-refractivity contribution in [3.05, 3.63) is 64.1 Å². The topological polar surface area (TPSA) is 33.0 Å². The van der Waals surface area contributed by atoms with Gasteiger partial charge in [0, 0.05) is 4.47 Å². The molecule has 0 fully saturated rings. The molecule has 1 heterocycles. The van der Waals surface area contributed by atoms with Crippen molar-refractivity contribution < 1.29 is 4.74 Å². The SMILES string of the molecule is N#CC1(Cc2cccc(Br)c2)COc2ccccc2C1. The maximum Gasteiger partial charge on any atom is 0.122 e. The summed E-state index contributed by atoms with van der Waals surface area (Å²) >= 11 is 3.48. The Balaban J connectivity index is 1.89. The summed E-state index contributed by atoms with van der Waals surface area (Å²) in [6.07, 6.45) is 1.45. The summed E-state index contributed by atoms with van der Waals surface area (Å²) in [5.74, 6) is 0.910. The molecule has 0 aliphatic carbocycles. The molecular weight excluding hydrogens is 314 g/mol. The van der Waals surface area contributed by atoms with Crippen LogP contribution in [0.3, 0.4) is 0 Å². The van der Waals surface area contributed by atoms with Crippen LogP contribution in [0.2, 0.25) is 0 Å². The van der Waals surface area contributed by atoms with Crippen LogP contribution in [0.15, 0.2) is 53.0 Å². The summed E-state index contributed by atoms with van der Waals surface area (Å²) in [5, 5.41) is 9.66. The summed E-state index contributed by atoms with van der Waals surface area (Å²) in [6.45, 7) is 0.451. The summed E-state index contributed by atoms with van der Waals surface area (Å²) in [7, 11) is 0. The van der Waals surface area contributed by atoms with Crippen LogP contribution in [0.5, 0.6) is 5.75 Å². The average Bonchev–Trinajstić information content (AvgIpc) is 2.47. The molecule has 3 rings (SSSR count). The number of nitrogens with zero attached hydrogens (tertiary/aromatic N) is 1. The van der Waals surface area contributed by atoms with Gasteiger partial charge in [0.15, 0.2) is 0 Å². The first kappa shape index (κ1) is 13.2. The molecule has 1 atom stereocenters. The Kier molecular flexibility index (Phi) is 3.50. The maximum atomic E-state index is 9.66. The number of hydrogen-bond acceptors (Lipinski definition) is 2. The highest BCUT2D eigenvalue weighted by Crippen LogP contribution is 2.36. The minimum atomic E-state index is -0.477. The third-order valence-corrected chi connectivity index (χ3v) is 4.17. The average molecular weight is 328 g/mol. The van der Waals surface area contributed by atoms with Gasteiger partial charge in [-0.1, -0.05) is 46.3 Å². The third kappa shape index (κ3) is 2.57. The molecule has 0 saturated heterocycles. The molecule has 3 heteroatoms. The van der Waals surface area contributed by atoms with Gasteiger partial charge in [-0.2, -0.15) is 5.26 Å². The van der Waals surface area contributed by atoms with Gasteiger partial charge in [-0.25, -0.2) is 0 Å². The Morgan fingerprint density at radius 2 is 2.05 bits per heavy atom. The molecule has 0 amide bonds. The van der Waals surface area contributed by atoms with E-state index in [0.717, 1.165) is 27.8 Å². The number of benzene rings is 2. The van der Waals surface area contributed by atoms with Gasteiger partial charge in [-0.15, -0.1) is 0 Å². The predicted octanol–water partition coefficient (Wildman–Crippen LogP) is 4.14. The first-order chi connectivity index (χ1) is 9.71. The van der Waals surface area contributed by atoms with E-state index in [1.165, 1.54) is 0 Å². The molecule has 0 saturated carbocycles. The van der Waals surface area contributed by atoms with Crippen molar-refractivity contribution in [1.82, 2.24) is 0 Å². The van der Waals surface area contributed by atoms with Crippen molar-refractivity contribution in [1.29, 1.82) is 5.26 Å². The summed E-state index contributed by atoms with van der Waals surface area (Å²) in [5.41, 5.74) is 1.80. The van der Waals surface area contributed by atoms with Crippen LogP contribution in [0.1, 0.15) is 11.1 Å². The van der Waals surface area contributed by atoms with Crippen LogP contribution in [0.4, 0.5) is 0 Å². The molecule has 2 nitrogen and oxygen atoms in total. The highest BCUT2D eigenvalue weighted by atomic mass is 79.9. The largest absolute Gasteiger partial charge is 0.492 e. The van der Waals surface area contributed by atoms with Gasteiger partial charge < -0.3 is 4.74 Å². The molecule has 100 valence electrons. The number of halogens is 1. The molecule has 1 aliphatic rings. The van der Waals surface area contributed by atoms with Gasteiger partial charge in [0.2, 0.25) is 0 Å². The second-order valence-electron chi connectivity index (χ2n) is 5.27. The van der Waals surface area contributed by atoms with Crippen molar-refractivity contribution in [2.24, 2.45) is 5.41 Å². The lowest BCUT2D eigenvalue weighted by atomic mass is 9.77. The molecule has 2 aromatic carbocycles. The molecule has 0 bridgehead atoms. The number of ether oxygens (including phenoxy) is 1. The monoisotopic (exact) mass is 327 g/mol. The molecule has 20 heavy (non-hydrogen) atoms. The first-order valence-electron chi connectivity index (χ1n) is 6.57. The Morgan fingerprint density at radius 3 is 2.85 bits per heavy atom. The zero-order valence-corrected chi connectivity index (χ0v) is 12.6. The van der Waals surface area contributed by atoms with Crippen molar-refractivity contribution >= 4 is 15.9 Å². The quantitative estimate of drug-likeness (QED) is 0.830. The molecule has 0 aromatic heterocycles. The third-order valence-electron chi connectivity index (χ3n) is 3.67. The van der Waals surface area contributed by atoms with Crippen LogP contribution in [0.25, 0.3) is 0 Å². The number of para-hydroxylation sites is 1. The molecule has 1 aliphatic heterocycles. The Hall–Kier alpha value is -1.79. The van der Waals surface area contributed by atoms with Gasteiger partial charge in [0.1, 0.15) is 12.4 Å². The number of hydrogen-bond donors (Lipinski definition) is 0. The smallest absolute Gasteiger partial charge is 0.122 e. The molecule has 0 N–H and O–H groups in total. The lowest BCUT2D eigenvalue weighted by Crippen LogP contribution is -2.35. The Bertz CT molecular complexity index is 677. The lowest BCUT2D eigenvalue weighted by molar-refractivity contribution is 0.169. The minimum Gasteiger partial charge on any atom is -0.492 e. The Morgan fingerprint density at radius 1 is 1.20 bits per heavy atom. The van der Waals surface area contributed by atoms with E-state index < -0.39 is 5.41 Å². The second kappa shape index (κ2) is 5.30. The molecule has 0 radical (unpaired) electrons. The van der Waals surface area contributed by atoms with Gasteiger partial charge in [-0.3, -0.25) is 0 Å². The van der Waals surface area contributed by atoms with E-state index in [1.54, 1.807) is 0 Å². The van der Waals surface area contributed by atoms with Crippen molar-refractivity contribution in [3.8, 4) is 11.8 Å². The van der Waals surface area contributed by atoms with Gasteiger partial charge in [0.25, 0.3) is 0 Å². The number of fused-ring (bicyclic) bond motifs is 1. The zero-order chi connectivity index (χ0) is 14.0. The summed E-state index contributed by atoms with van der Waals surface area (Å²) in [6, 6.07) is 18.6. The summed E-state index contributed by atoms with van der Waals surface area (Å²) < 4.78 is 6.84. The molecule has 2 aromatic rings. The second-order valence-corrected chi connectivity index (χ2v) is 6.19. The number of rotatable bonds is 2. The fourth-order valence-electron chi connectivity index (χ4n) is 2.68. The van der Waals surface area contributed by atoms with Crippen molar-refractivity contribution in [2.75, 3.05) is 6.61 Å². The van der Waals surface area contributed by atoms with Crippen LogP contribution in [-0.2, 0) is 12.8 Å². The highest BCUT2D eigenvalue weighted by molar-refractivity contribution is 9.10. The molecule has 0 spiro atoms. The first-order valence-corrected chi connectivity index (χ1v) is 7.36. The predicted molar refractivity (Wildman–Crippen MR) is 81.5 cm³/mol. The van der Waals surface area contributed by atoms with Crippen LogP contribution >= 0.6 is 15.9 Å². The van der Waals surface area contributed by atoms with E-state index >= 15 is 0 Å². The van der Waals surface area contributed by atoms with Crippen molar-refractivity contribution in [2.45, 2.75) is 12.8 Å². The van der Waals surface area contributed by atoms with Gasteiger partial charge in [0.05, 0.1) is 11.5 Å². The van der Waals surface area contributed by atoms with E-state index in [2.05, 4.69) is 34.1 Å². The van der Waals surface area contributed by atoms with Gasteiger partial charge >= 0.3 is 0 Å². The minimum absolute atomic E-state index is 0.451.